The van der Waals surface area contributed by atoms with Gasteiger partial charge in [0.25, 0.3) is 5.91 Å². The second-order valence-corrected chi connectivity index (χ2v) is 5.44. The molecule has 1 atom stereocenters. The van der Waals surface area contributed by atoms with Gasteiger partial charge in [-0.2, -0.15) is 0 Å². The molecular weight excluding hydrogens is 273 g/mol. The van der Waals surface area contributed by atoms with Gasteiger partial charge in [-0.3, -0.25) is 4.79 Å². The molecule has 0 bridgehead atoms. The van der Waals surface area contributed by atoms with Crippen molar-refractivity contribution in [1.29, 1.82) is 0 Å². The summed E-state index contributed by atoms with van der Waals surface area (Å²) < 4.78 is 18.8. The van der Waals surface area contributed by atoms with Crippen LogP contribution >= 0.6 is 0 Å². The lowest BCUT2D eigenvalue weighted by Crippen LogP contribution is -2.48. The number of halogens is 1. The lowest BCUT2D eigenvalue weighted by Gasteiger charge is -2.32. The molecule has 1 aromatic rings. The van der Waals surface area contributed by atoms with E-state index in [0.717, 1.165) is 13.1 Å². The molecule has 21 heavy (non-hydrogen) atoms. The molecule has 0 spiro atoms. The first kappa shape index (κ1) is 15.7. The van der Waals surface area contributed by atoms with E-state index in [1.54, 1.807) is 17.9 Å². The molecule has 1 amide bonds. The molecule has 5 nitrogen and oxygen atoms in total. The fourth-order valence-electron chi connectivity index (χ4n) is 2.30. The Morgan fingerprint density at radius 1 is 1.38 bits per heavy atom. The molecule has 1 aliphatic rings. The molecule has 1 aliphatic heterocycles. The van der Waals surface area contributed by atoms with Crippen molar-refractivity contribution in [3.05, 3.63) is 29.6 Å². The SMILES string of the molecule is C[C@@H](N)c1ccc(F)cc1OCC(=O)N1CCN(C)CC1. The summed E-state index contributed by atoms with van der Waals surface area (Å²) in [6, 6.07) is 3.93. The van der Waals surface area contributed by atoms with Gasteiger partial charge < -0.3 is 20.3 Å². The van der Waals surface area contributed by atoms with Crippen molar-refractivity contribution in [3.63, 3.8) is 0 Å². The molecule has 2 rings (SSSR count). The number of nitrogens with zero attached hydrogens (tertiary/aromatic N) is 2. The van der Waals surface area contributed by atoms with Gasteiger partial charge in [-0.05, 0) is 20.0 Å². The molecule has 0 aliphatic carbocycles. The van der Waals surface area contributed by atoms with Crippen molar-refractivity contribution < 1.29 is 13.9 Å². The number of benzene rings is 1. The molecule has 0 unspecified atom stereocenters. The summed E-state index contributed by atoms with van der Waals surface area (Å²) >= 11 is 0. The number of rotatable bonds is 4. The van der Waals surface area contributed by atoms with Crippen LogP contribution in [0.5, 0.6) is 5.75 Å². The Morgan fingerprint density at radius 2 is 2.05 bits per heavy atom. The summed E-state index contributed by atoms with van der Waals surface area (Å²) in [6.07, 6.45) is 0. The van der Waals surface area contributed by atoms with E-state index in [1.807, 2.05) is 7.05 Å². The van der Waals surface area contributed by atoms with Crippen LogP contribution in [-0.4, -0.2) is 55.5 Å². The summed E-state index contributed by atoms with van der Waals surface area (Å²) in [6.45, 7) is 4.81. The summed E-state index contributed by atoms with van der Waals surface area (Å²) in [4.78, 5) is 16.0. The highest BCUT2D eigenvalue weighted by Crippen LogP contribution is 2.24. The molecule has 1 heterocycles. The molecular formula is C15H22FN3O2. The molecule has 1 fully saturated rings. The number of ether oxygens (including phenoxy) is 1. The maximum atomic E-state index is 13.3. The maximum absolute atomic E-state index is 13.3. The standard InChI is InChI=1S/C15H22FN3O2/c1-11(17)13-4-3-12(16)9-14(13)21-10-15(20)19-7-5-18(2)6-8-19/h3-4,9,11H,5-8,10,17H2,1-2H3/t11-/m1/s1. The van der Waals surface area contributed by atoms with Gasteiger partial charge >= 0.3 is 0 Å². The highest BCUT2D eigenvalue weighted by Gasteiger charge is 2.20. The van der Waals surface area contributed by atoms with Crippen molar-refractivity contribution >= 4 is 5.91 Å². The molecule has 0 saturated carbocycles. The Balaban J connectivity index is 1.96. The predicted octanol–water partition coefficient (Wildman–Crippen LogP) is 0.998. The van der Waals surface area contributed by atoms with Crippen LogP contribution in [0.15, 0.2) is 18.2 Å². The van der Waals surface area contributed by atoms with Crippen molar-refractivity contribution in [2.24, 2.45) is 5.73 Å². The van der Waals surface area contributed by atoms with Crippen LogP contribution < -0.4 is 10.5 Å². The molecule has 6 heteroatoms. The zero-order valence-electron chi connectivity index (χ0n) is 12.5. The van der Waals surface area contributed by atoms with E-state index < -0.39 is 5.82 Å². The summed E-state index contributed by atoms with van der Waals surface area (Å²) in [5.41, 5.74) is 6.52. The fourth-order valence-corrected chi connectivity index (χ4v) is 2.30. The summed E-state index contributed by atoms with van der Waals surface area (Å²) in [7, 11) is 2.03. The van der Waals surface area contributed by atoms with E-state index in [2.05, 4.69) is 4.90 Å². The maximum Gasteiger partial charge on any atom is 0.260 e. The first-order chi connectivity index (χ1) is 9.97. The Kier molecular flexibility index (Phi) is 5.14. The van der Waals surface area contributed by atoms with Gasteiger partial charge in [0.05, 0.1) is 0 Å². The van der Waals surface area contributed by atoms with Crippen molar-refractivity contribution in [2.45, 2.75) is 13.0 Å². The van der Waals surface area contributed by atoms with Gasteiger partial charge in [0.2, 0.25) is 0 Å². The van der Waals surface area contributed by atoms with Gasteiger partial charge in [-0.25, -0.2) is 4.39 Å². The summed E-state index contributed by atoms with van der Waals surface area (Å²) in [5, 5.41) is 0. The second-order valence-electron chi connectivity index (χ2n) is 5.44. The lowest BCUT2D eigenvalue weighted by atomic mass is 10.1. The van der Waals surface area contributed by atoms with Crippen molar-refractivity contribution in [2.75, 3.05) is 39.8 Å². The smallest absolute Gasteiger partial charge is 0.260 e. The number of hydrogen-bond acceptors (Lipinski definition) is 4. The Bertz CT molecular complexity index is 500. The van der Waals surface area contributed by atoms with Crippen LogP contribution in [0.25, 0.3) is 0 Å². The molecule has 0 aromatic heterocycles. The van der Waals surface area contributed by atoms with Crippen LogP contribution in [0.4, 0.5) is 4.39 Å². The highest BCUT2D eigenvalue weighted by molar-refractivity contribution is 5.78. The van der Waals surface area contributed by atoms with Crippen LogP contribution in [0.2, 0.25) is 0 Å². The molecule has 0 radical (unpaired) electrons. The number of hydrogen-bond donors (Lipinski definition) is 1. The number of amides is 1. The van der Waals surface area contributed by atoms with E-state index >= 15 is 0 Å². The van der Waals surface area contributed by atoms with E-state index in [9.17, 15) is 9.18 Å². The fraction of sp³-hybridized carbons (Fsp3) is 0.533. The van der Waals surface area contributed by atoms with Gasteiger partial charge in [0.15, 0.2) is 6.61 Å². The topological polar surface area (TPSA) is 58.8 Å². The van der Waals surface area contributed by atoms with Gasteiger partial charge in [-0.15, -0.1) is 0 Å². The van der Waals surface area contributed by atoms with Crippen molar-refractivity contribution in [1.82, 2.24) is 9.80 Å². The van der Waals surface area contributed by atoms with E-state index in [-0.39, 0.29) is 18.6 Å². The van der Waals surface area contributed by atoms with Gasteiger partial charge in [0, 0.05) is 43.9 Å². The second kappa shape index (κ2) is 6.87. The minimum atomic E-state index is -0.401. The first-order valence-corrected chi connectivity index (χ1v) is 7.11. The summed E-state index contributed by atoms with van der Waals surface area (Å²) in [5.74, 6) is -0.142. The van der Waals surface area contributed by atoms with Crippen LogP contribution in [0, 0.1) is 5.82 Å². The molecule has 2 N–H and O–H groups in total. The van der Waals surface area contributed by atoms with Gasteiger partial charge in [0.1, 0.15) is 11.6 Å². The third-order valence-corrected chi connectivity index (χ3v) is 3.67. The number of piperazine rings is 1. The zero-order valence-corrected chi connectivity index (χ0v) is 12.5. The van der Waals surface area contributed by atoms with E-state index in [4.69, 9.17) is 10.5 Å². The van der Waals surface area contributed by atoms with Gasteiger partial charge in [-0.1, -0.05) is 6.07 Å². The quantitative estimate of drug-likeness (QED) is 0.900. The minimum Gasteiger partial charge on any atom is -0.483 e. The normalized spacial score (nSPS) is 17.6. The number of carbonyl (C=O) groups excluding carboxylic acids is 1. The van der Waals surface area contributed by atoms with Crippen LogP contribution in [-0.2, 0) is 4.79 Å². The molecule has 1 aromatic carbocycles. The lowest BCUT2D eigenvalue weighted by molar-refractivity contribution is -0.134. The Morgan fingerprint density at radius 3 is 2.67 bits per heavy atom. The predicted molar refractivity (Wildman–Crippen MR) is 78.6 cm³/mol. The van der Waals surface area contributed by atoms with Crippen molar-refractivity contribution in [3.8, 4) is 5.75 Å². The monoisotopic (exact) mass is 295 g/mol. The zero-order chi connectivity index (χ0) is 15.4. The Labute approximate surface area is 124 Å². The molecule has 1 saturated heterocycles. The molecule has 116 valence electrons. The third-order valence-electron chi connectivity index (χ3n) is 3.67. The van der Waals surface area contributed by atoms with E-state index in [0.29, 0.717) is 24.4 Å². The average molecular weight is 295 g/mol. The first-order valence-electron chi connectivity index (χ1n) is 7.11. The van der Waals surface area contributed by atoms with E-state index in [1.165, 1.54) is 12.1 Å². The largest absolute Gasteiger partial charge is 0.483 e. The number of carbonyl (C=O) groups is 1. The van der Waals surface area contributed by atoms with Crippen LogP contribution in [0.3, 0.4) is 0 Å². The number of nitrogens with two attached hydrogens (primary N) is 1. The van der Waals surface area contributed by atoms with Crippen LogP contribution in [0.1, 0.15) is 18.5 Å². The third kappa shape index (κ3) is 4.15. The number of likely N-dealkylation sites (N-methyl/N-ethyl adjacent to an activating group) is 1. The average Bonchev–Trinajstić information content (AvgIpc) is 2.45. The highest BCUT2D eigenvalue weighted by atomic mass is 19.1. The minimum absolute atomic E-state index is 0.0806. The Hall–Kier alpha value is -1.66.